The highest BCUT2D eigenvalue weighted by Gasteiger charge is 2.22. The quantitative estimate of drug-likeness (QED) is 0.796. The van der Waals surface area contributed by atoms with Crippen molar-refractivity contribution in [2.75, 3.05) is 7.11 Å². The largest absolute Gasteiger partial charge is 0.497 e. The summed E-state index contributed by atoms with van der Waals surface area (Å²) in [6.07, 6.45) is 0. The Labute approximate surface area is 126 Å². The highest BCUT2D eigenvalue weighted by molar-refractivity contribution is 6.35. The number of carboxylic acid groups (broad SMARTS) is 1. The average molecular weight is 302 g/mol. The van der Waals surface area contributed by atoms with Crippen molar-refractivity contribution in [2.45, 2.75) is 0 Å². The number of fused-ring (bicyclic) bond motifs is 1. The summed E-state index contributed by atoms with van der Waals surface area (Å²) in [5.74, 6) is -0.407. The van der Waals surface area contributed by atoms with Crippen LogP contribution >= 0.6 is 11.6 Å². The Bertz CT molecular complexity index is 824. The molecule has 0 amide bonds. The Hall–Kier alpha value is -2.46. The normalized spacial score (nSPS) is 10.8. The van der Waals surface area contributed by atoms with Crippen LogP contribution in [0, 0.1) is 0 Å². The second kappa shape index (κ2) is 5.14. The summed E-state index contributed by atoms with van der Waals surface area (Å²) < 4.78 is 6.93. The average Bonchev–Trinajstić information content (AvgIpc) is 2.79. The minimum Gasteiger partial charge on any atom is -0.497 e. The zero-order valence-corrected chi connectivity index (χ0v) is 12.0. The molecule has 0 bridgehead atoms. The van der Waals surface area contributed by atoms with Crippen molar-refractivity contribution in [1.82, 2.24) is 4.57 Å². The van der Waals surface area contributed by atoms with Gasteiger partial charge in [0.15, 0.2) is 0 Å². The number of ether oxygens (including phenoxy) is 1. The van der Waals surface area contributed by atoms with Crippen LogP contribution in [-0.4, -0.2) is 22.8 Å². The van der Waals surface area contributed by atoms with Crippen LogP contribution < -0.4 is 4.74 Å². The van der Waals surface area contributed by atoms with Gasteiger partial charge in [-0.05, 0) is 24.3 Å². The number of hydrogen-bond donors (Lipinski definition) is 1. The van der Waals surface area contributed by atoms with E-state index in [-0.39, 0.29) is 10.7 Å². The SMILES string of the molecule is COc1ccc2c(C(=O)O)c(Cl)n(-c3ccccc3)c2c1. The Morgan fingerprint density at radius 1 is 1.19 bits per heavy atom. The maximum atomic E-state index is 11.5. The molecule has 4 nitrogen and oxygen atoms in total. The lowest BCUT2D eigenvalue weighted by Gasteiger charge is -2.07. The summed E-state index contributed by atoms with van der Waals surface area (Å²) in [5, 5.41) is 10.2. The van der Waals surface area contributed by atoms with Crippen LogP contribution in [0.4, 0.5) is 0 Å². The molecular weight excluding hydrogens is 290 g/mol. The molecule has 0 fully saturated rings. The third kappa shape index (κ3) is 2.14. The molecule has 1 aromatic heterocycles. The molecule has 0 unspecified atom stereocenters. The minimum absolute atomic E-state index is 0.0955. The Morgan fingerprint density at radius 3 is 2.52 bits per heavy atom. The van der Waals surface area contributed by atoms with Crippen LogP contribution in [0.2, 0.25) is 5.15 Å². The summed E-state index contributed by atoms with van der Waals surface area (Å²) in [6.45, 7) is 0. The summed E-state index contributed by atoms with van der Waals surface area (Å²) in [4.78, 5) is 11.5. The van der Waals surface area contributed by atoms with Gasteiger partial charge in [0.1, 0.15) is 16.5 Å². The van der Waals surface area contributed by atoms with Crippen LogP contribution in [0.25, 0.3) is 16.6 Å². The maximum Gasteiger partial charge on any atom is 0.339 e. The summed E-state index contributed by atoms with van der Waals surface area (Å²) in [5.41, 5.74) is 1.59. The van der Waals surface area contributed by atoms with Gasteiger partial charge in [-0.2, -0.15) is 0 Å². The maximum absolute atomic E-state index is 11.5. The first kappa shape index (κ1) is 13.5. The minimum atomic E-state index is -1.05. The molecule has 1 heterocycles. The van der Waals surface area contributed by atoms with Crippen LogP contribution in [-0.2, 0) is 0 Å². The molecule has 0 atom stereocenters. The lowest BCUT2D eigenvalue weighted by atomic mass is 10.1. The van der Waals surface area contributed by atoms with Gasteiger partial charge < -0.3 is 9.84 Å². The molecule has 0 aliphatic heterocycles. The predicted octanol–water partition coefficient (Wildman–Crippen LogP) is 3.99. The number of hydrogen-bond acceptors (Lipinski definition) is 2. The number of methoxy groups -OCH3 is 1. The molecule has 0 spiro atoms. The fourth-order valence-corrected chi connectivity index (χ4v) is 2.77. The Kier molecular flexibility index (Phi) is 3.31. The van der Waals surface area contributed by atoms with Gasteiger partial charge in [-0.25, -0.2) is 4.79 Å². The first-order valence-electron chi connectivity index (χ1n) is 6.30. The highest BCUT2D eigenvalue weighted by Crippen LogP contribution is 2.35. The standard InChI is InChI=1S/C16H12ClNO3/c1-21-11-7-8-12-13(9-11)18(10-5-3-2-4-6-10)15(17)14(12)16(19)20/h2-9H,1H3,(H,19,20). The van der Waals surface area contributed by atoms with Crippen molar-refractivity contribution in [3.63, 3.8) is 0 Å². The predicted molar refractivity (Wildman–Crippen MR) is 81.8 cm³/mol. The van der Waals surface area contributed by atoms with E-state index in [0.717, 1.165) is 5.69 Å². The van der Waals surface area contributed by atoms with Gasteiger partial charge in [-0.1, -0.05) is 29.8 Å². The fraction of sp³-hybridized carbons (Fsp3) is 0.0625. The zero-order valence-electron chi connectivity index (χ0n) is 11.2. The summed E-state index contributed by atoms with van der Waals surface area (Å²) >= 11 is 6.32. The van der Waals surface area contributed by atoms with Gasteiger partial charge in [-0.15, -0.1) is 0 Å². The van der Waals surface area contributed by atoms with Gasteiger partial charge in [0.05, 0.1) is 12.6 Å². The molecule has 21 heavy (non-hydrogen) atoms. The molecular formula is C16H12ClNO3. The van der Waals surface area contributed by atoms with Gasteiger partial charge in [0, 0.05) is 17.1 Å². The van der Waals surface area contributed by atoms with Gasteiger partial charge in [0.25, 0.3) is 0 Å². The van der Waals surface area contributed by atoms with Crippen molar-refractivity contribution in [3.05, 3.63) is 59.2 Å². The van der Waals surface area contributed by atoms with E-state index < -0.39 is 5.97 Å². The molecule has 1 N–H and O–H groups in total. The molecule has 0 radical (unpaired) electrons. The van der Waals surface area contributed by atoms with E-state index >= 15 is 0 Å². The molecule has 5 heteroatoms. The van der Waals surface area contributed by atoms with Gasteiger partial charge in [0.2, 0.25) is 0 Å². The number of benzene rings is 2. The van der Waals surface area contributed by atoms with E-state index in [0.29, 0.717) is 16.7 Å². The third-order valence-electron chi connectivity index (χ3n) is 3.35. The Morgan fingerprint density at radius 2 is 1.90 bits per heavy atom. The molecule has 0 aliphatic rings. The number of nitrogens with zero attached hydrogens (tertiary/aromatic N) is 1. The molecule has 3 aromatic rings. The highest BCUT2D eigenvalue weighted by atomic mass is 35.5. The number of carboxylic acids is 1. The fourth-order valence-electron chi connectivity index (χ4n) is 2.40. The van der Waals surface area contributed by atoms with Crippen LogP contribution in [0.5, 0.6) is 5.75 Å². The molecule has 3 rings (SSSR count). The molecule has 2 aromatic carbocycles. The zero-order chi connectivity index (χ0) is 15.0. The second-order valence-corrected chi connectivity index (χ2v) is 4.88. The molecule has 106 valence electrons. The van der Waals surface area contributed by atoms with Crippen molar-refractivity contribution in [1.29, 1.82) is 0 Å². The molecule has 0 saturated heterocycles. The summed E-state index contributed by atoms with van der Waals surface area (Å²) in [6, 6.07) is 14.6. The van der Waals surface area contributed by atoms with Crippen LogP contribution in [0.1, 0.15) is 10.4 Å². The van der Waals surface area contributed by atoms with Gasteiger partial charge in [-0.3, -0.25) is 4.57 Å². The number of aromatic carboxylic acids is 1. The Balaban J connectivity index is 2.42. The molecule has 0 aliphatic carbocycles. The first-order chi connectivity index (χ1) is 10.1. The van der Waals surface area contributed by atoms with Crippen molar-refractivity contribution >= 4 is 28.5 Å². The van der Waals surface area contributed by atoms with E-state index in [1.807, 2.05) is 30.3 Å². The number of rotatable bonds is 3. The lowest BCUT2D eigenvalue weighted by Crippen LogP contribution is -1.98. The number of carbonyl (C=O) groups is 1. The smallest absolute Gasteiger partial charge is 0.339 e. The summed E-state index contributed by atoms with van der Waals surface area (Å²) in [7, 11) is 1.57. The van der Waals surface area contributed by atoms with E-state index in [1.165, 1.54) is 0 Å². The van der Waals surface area contributed by atoms with Crippen molar-refractivity contribution in [2.24, 2.45) is 0 Å². The topological polar surface area (TPSA) is 51.5 Å². The second-order valence-electron chi connectivity index (χ2n) is 4.53. The van der Waals surface area contributed by atoms with E-state index in [2.05, 4.69) is 0 Å². The van der Waals surface area contributed by atoms with E-state index in [9.17, 15) is 9.90 Å². The monoisotopic (exact) mass is 301 g/mol. The molecule has 0 saturated carbocycles. The number of aromatic nitrogens is 1. The third-order valence-corrected chi connectivity index (χ3v) is 3.70. The van der Waals surface area contributed by atoms with Gasteiger partial charge >= 0.3 is 5.97 Å². The first-order valence-corrected chi connectivity index (χ1v) is 6.68. The van der Waals surface area contributed by atoms with Crippen molar-refractivity contribution in [3.8, 4) is 11.4 Å². The van der Waals surface area contributed by atoms with E-state index in [1.54, 1.807) is 29.9 Å². The number of halogens is 1. The van der Waals surface area contributed by atoms with E-state index in [4.69, 9.17) is 16.3 Å². The van der Waals surface area contributed by atoms with Crippen LogP contribution in [0.3, 0.4) is 0 Å². The number of para-hydroxylation sites is 1. The van der Waals surface area contributed by atoms with Crippen LogP contribution in [0.15, 0.2) is 48.5 Å². The van der Waals surface area contributed by atoms with Crippen molar-refractivity contribution < 1.29 is 14.6 Å². The lowest BCUT2D eigenvalue weighted by molar-refractivity contribution is 0.0699.